The molecule has 2 aromatic carbocycles. The maximum Gasteiger partial charge on any atom is 0.284 e. The zero-order valence-corrected chi connectivity index (χ0v) is 16.2. The summed E-state index contributed by atoms with van der Waals surface area (Å²) < 4.78 is 13.0. The van der Waals surface area contributed by atoms with E-state index in [1.54, 1.807) is 0 Å². The Morgan fingerprint density at radius 2 is 1.96 bits per heavy atom. The summed E-state index contributed by atoms with van der Waals surface area (Å²) in [5, 5.41) is 23.1. The number of nitro benzene ring substituents is 1. The second-order valence-electron chi connectivity index (χ2n) is 5.91. The topological polar surface area (TPSA) is 95.7 Å². The molecule has 0 heterocycles. The number of amides is 1. The molecule has 9 heteroatoms. The molecule has 0 aliphatic rings. The summed E-state index contributed by atoms with van der Waals surface area (Å²) in [7, 11) is 0. The van der Waals surface area contributed by atoms with Gasteiger partial charge in [0.25, 0.3) is 11.6 Å². The number of aliphatic hydroxyl groups excluding tert-OH is 1. The standard InChI is InChI=1S/C19H22FN3O4S/c1-2-22(11-12-24)10-9-21-19(25)14-3-8-18(17(13-14)23(26)27)28-16-6-4-15(20)5-7-16/h3-8,13,24H,2,9-12H2,1H3,(H,21,25). The number of hydrogen-bond donors (Lipinski definition) is 2. The summed E-state index contributed by atoms with van der Waals surface area (Å²) >= 11 is 1.13. The van der Waals surface area contributed by atoms with Crippen LogP contribution < -0.4 is 5.32 Å². The van der Waals surface area contributed by atoms with Gasteiger partial charge in [-0.25, -0.2) is 4.39 Å². The van der Waals surface area contributed by atoms with Crippen molar-refractivity contribution in [3.8, 4) is 0 Å². The molecule has 0 unspecified atom stereocenters. The van der Waals surface area contributed by atoms with Gasteiger partial charge < -0.3 is 10.4 Å². The van der Waals surface area contributed by atoms with E-state index in [9.17, 15) is 19.3 Å². The maximum atomic E-state index is 13.0. The fraction of sp³-hybridized carbons (Fsp3) is 0.316. The number of nitrogens with one attached hydrogen (secondary N) is 1. The molecule has 2 aromatic rings. The molecule has 7 nitrogen and oxygen atoms in total. The number of carbonyl (C=O) groups excluding carboxylic acids is 1. The van der Waals surface area contributed by atoms with Gasteiger partial charge in [0.15, 0.2) is 0 Å². The Labute approximate surface area is 166 Å². The largest absolute Gasteiger partial charge is 0.395 e. The smallest absolute Gasteiger partial charge is 0.284 e. The lowest BCUT2D eigenvalue weighted by Crippen LogP contribution is -2.36. The van der Waals surface area contributed by atoms with Crippen LogP contribution in [0.15, 0.2) is 52.3 Å². The molecule has 0 saturated heterocycles. The highest BCUT2D eigenvalue weighted by Gasteiger charge is 2.18. The molecule has 150 valence electrons. The fourth-order valence-electron chi connectivity index (χ4n) is 2.52. The van der Waals surface area contributed by atoms with E-state index < -0.39 is 10.8 Å². The van der Waals surface area contributed by atoms with Crippen molar-refractivity contribution in [1.29, 1.82) is 0 Å². The third kappa shape index (κ3) is 6.29. The van der Waals surface area contributed by atoms with E-state index in [-0.39, 0.29) is 23.7 Å². The predicted molar refractivity (Wildman–Crippen MR) is 105 cm³/mol. The minimum atomic E-state index is -0.539. The monoisotopic (exact) mass is 407 g/mol. The van der Waals surface area contributed by atoms with Crippen molar-refractivity contribution in [3.63, 3.8) is 0 Å². The molecule has 0 aliphatic carbocycles. The molecule has 0 aliphatic heterocycles. The molecule has 0 aromatic heterocycles. The van der Waals surface area contributed by atoms with Crippen LogP contribution in [0, 0.1) is 15.9 Å². The molecule has 0 atom stereocenters. The van der Waals surface area contributed by atoms with Crippen molar-refractivity contribution in [2.45, 2.75) is 16.7 Å². The first-order valence-electron chi connectivity index (χ1n) is 8.78. The summed E-state index contributed by atoms with van der Waals surface area (Å²) in [4.78, 5) is 26.2. The van der Waals surface area contributed by atoms with Gasteiger partial charge in [-0.05, 0) is 42.9 Å². The van der Waals surface area contributed by atoms with Crippen LogP contribution in [-0.2, 0) is 0 Å². The zero-order valence-electron chi connectivity index (χ0n) is 15.4. The van der Waals surface area contributed by atoms with Gasteiger partial charge in [0.1, 0.15) is 5.82 Å². The third-order valence-electron chi connectivity index (χ3n) is 4.04. The average Bonchev–Trinajstić information content (AvgIpc) is 2.69. The van der Waals surface area contributed by atoms with Crippen LogP contribution >= 0.6 is 11.8 Å². The van der Waals surface area contributed by atoms with Crippen molar-refractivity contribution in [2.24, 2.45) is 0 Å². The lowest BCUT2D eigenvalue weighted by molar-refractivity contribution is -0.387. The average molecular weight is 407 g/mol. The summed E-state index contributed by atoms with van der Waals surface area (Å²) in [6, 6.07) is 9.93. The molecule has 0 bridgehead atoms. The van der Waals surface area contributed by atoms with Crippen LogP contribution in [0.5, 0.6) is 0 Å². The number of likely N-dealkylation sites (N-methyl/N-ethyl adjacent to an activating group) is 1. The van der Waals surface area contributed by atoms with E-state index in [0.717, 1.165) is 18.3 Å². The van der Waals surface area contributed by atoms with E-state index in [1.165, 1.54) is 42.5 Å². The summed E-state index contributed by atoms with van der Waals surface area (Å²) in [6.45, 7) is 4.21. The van der Waals surface area contributed by atoms with Crippen LogP contribution in [0.4, 0.5) is 10.1 Å². The van der Waals surface area contributed by atoms with E-state index in [1.807, 2.05) is 11.8 Å². The molecule has 0 radical (unpaired) electrons. The van der Waals surface area contributed by atoms with Crippen LogP contribution in [0.2, 0.25) is 0 Å². The molecular formula is C19H22FN3O4S. The van der Waals surface area contributed by atoms with Gasteiger partial charge in [0.2, 0.25) is 0 Å². The molecular weight excluding hydrogens is 385 g/mol. The van der Waals surface area contributed by atoms with Crippen LogP contribution in [0.25, 0.3) is 0 Å². The molecule has 0 saturated carbocycles. The lowest BCUT2D eigenvalue weighted by Gasteiger charge is -2.19. The normalized spacial score (nSPS) is 10.9. The fourth-order valence-corrected chi connectivity index (χ4v) is 3.42. The quantitative estimate of drug-likeness (QED) is 0.464. The van der Waals surface area contributed by atoms with E-state index >= 15 is 0 Å². The second kappa shape index (κ2) is 10.7. The van der Waals surface area contributed by atoms with Gasteiger partial charge in [0.05, 0.1) is 16.4 Å². The molecule has 0 spiro atoms. The Hall–Kier alpha value is -2.49. The highest BCUT2D eigenvalue weighted by molar-refractivity contribution is 7.99. The first-order valence-corrected chi connectivity index (χ1v) is 9.59. The minimum absolute atomic E-state index is 0.0428. The Morgan fingerprint density at radius 1 is 1.25 bits per heavy atom. The number of carbonyl (C=O) groups is 1. The predicted octanol–water partition coefficient (Wildman–Crippen LogP) is 2.93. The van der Waals surface area contributed by atoms with Crippen LogP contribution in [0.3, 0.4) is 0 Å². The number of hydrogen-bond acceptors (Lipinski definition) is 6. The van der Waals surface area contributed by atoms with E-state index in [2.05, 4.69) is 5.32 Å². The summed E-state index contributed by atoms with van der Waals surface area (Å²) in [6.07, 6.45) is 0. The van der Waals surface area contributed by atoms with Crippen molar-refractivity contribution in [2.75, 3.05) is 32.8 Å². The number of halogens is 1. The first-order chi connectivity index (χ1) is 13.4. The summed E-state index contributed by atoms with van der Waals surface area (Å²) in [5.41, 5.74) is 0.0119. The van der Waals surface area contributed by atoms with Crippen molar-refractivity contribution < 1.29 is 19.2 Å². The Kier molecular flexibility index (Phi) is 8.37. The molecule has 2 N–H and O–H groups in total. The molecule has 1 amide bonds. The molecule has 0 fully saturated rings. The summed E-state index contributed by atoms with van der Waals surface area (Å²) in [5.74, 6) is -0.784. The Balaban J connectivity index is 2.07. The van der Waals surface area contributed by atoms with Gasteiger partial charge in [-0.3, -0.25) is 19.8 Å². The van der Waals surface area contributed by atoms with E-state index in [0.29, 0.717) is 29.4 Å². The third-order valence-corrected chi connectivity index (χ3v) is 5.11. The first kappa shape index (κ1) is 21.8. The van der Waals surface area contributed by atoms with Gasteiger partial charge in [-0.15, -0.1) is 0 Å². The highest BCUT2D eigenvalue weighted by atomic mass is 32.2. The number of rotatable bonds is 10. The number of nitrogens with zero attached hydrogens (tertiary/aromatic N) is 2. The second-order valence-corrected chi connectivity index (χ2v) is 7.02. The zero-order chi connectivity index (χ0) is 20.5. The molecule has 2 rings (SSSR count). The van der Waals surface area contributed by atoms with Crippen LogP contribution in [0.1, 0.15) is 17.3 Å². The SMILES string of the molecule is CCN(CCO)CCNC(=O)c1ccc(Sc2ccc(F)cc2)c([N+](=O)[O-])c1. The van der Waals surface area contributed by atoms with Gasteiger partial charge in [-0.1, -0.05) is 18.7 Å². The number of benzene rings is 2. The number of nitro groups is 1. The van der Waals surface area contributed by atoms with Gasteiger partial charge in [0, 0.05) is 36.2 Å². The number of aliphatic hydroxyl groups is 1. The van der Waals surface area contributed by atoms with Gasteiger partial charge in [-0.2, -0.15) is 0 Å². The van der Waals surface area contributed by atoms with Gasteiger partial charge >= 0.3 is 0 Å². The Morgan fingerprint density at radius 3 is 2.57 bits per heavy atom. The highest BCUT2D eigenvalue weighted by Crippen LogP contribution is 2.35. The van der Waals surface area contributed by atoms with Crippen molar-refractivity contribution in [1.82, 2.24) is 10.2 Å². The van der Waals surface area contributed by atoms with E-state index in [4.69, 9.17) is 5.11 Å². The van der Waals surface area contributed by atoms with Crippen LogP contribution in [-0.4, -0.2) is 53.6 Å². The minimum Gasteiger partial charge on any atom is -0.395 e. The van der Waals surface area contributed by atoms with Crippen molar-refractivity contribution in [3.05, 3.63) is 64.0 Å². The maximum absolute atomic E-state index is 13.0. The lowest BCUT2D eigenvalue weighted by atomic mass is 10.2. The Bertz CT molecular complexity index is 817. The molecule has 28 heavy (non-hydrogen) atoms. The van der Waals surface area contributed by atoms with Crippen molar-refractivity contribution >= 4 is 23.4 Å².